The van der Waals surface area contributed by atoms with Crippen LogP contribution in [0, 0.1) is 6.92 Å². The Hall–Kier alpha value is -3.42. The number of hydrogen-bond acceptors (Lipinski definition) is 7. The topological polar surface area (TPSA) is 97.6 Å². The van der Waals surface area contributed by atoms with Crippen molar-refractivity contribution in [2.75, 3.05) is 30.4 Å². The summed E-state index contributed by atoms with van der Waals surface area (Å²) in [5.41, 5.74) is 1.62. The molecule has 8 nitrogen and oxygen atoms in total. The normalized spacial score (nSPS) is 10.6. The minimum absolute atomic E-state index is 0.00627. The molecule has 0 aliphatic heterocycles. The number of ether oxygens (including phenoxy) is 1. The van der Waals surface area contributed by atoms with Crippen molar-refractivity contribution in [3.05, 3.63) is 47.9 Å². The van der Waals surface area contributed by atoms with Crippen molar-refractivity contribution in [2.24, 2.45) is 0 Å². The zero-order chi connectivity index (χ0) is 19.4. The molecule has 0 spiro atoms. The molecule has 3 aromatic rings. The van der Waals surface area contributed by atoms with E-state index in [1.54, 1.807) is 31.9 Å². The number of benzene rings is 1. The fraction of sp³-hybridized carbons (Fsp3) is 0.263. The zero-order valence-corrected chi connectivity index (χ0v) is 15.4. The van der Waals surface area contributed by atoms with Crippen molar-refractivity contribution in [3.63, 3.8) is 0 Å². The summed E-state index contributed by atoms with van der Waals surface area (Å²) in [6, 6.07) is 9.05. The van der Waals surface area contributed by atoms with E-state index in [-0.39, 0.29) is 19.1 Å². The maximum atomic E-state index is 12.4. The molecule has 1 amide bonds. The summed E-state index contributed by atoms with van der Waals surface area (Å²) < 4.78 is 10.1. The van der Waals surface area contributed by atoms with Crippen LogP contribution in [-0.4, -0.2) is 42.2 Å². The molecule has 0 atom stereocenters. The van der Waals surface area contributed by atoms with Crippen LogP contribution in [0.25, 0.3) is 10.9 Å². The molecule has 0 radical (unpaired) electrons. The largest absolute Gasteiger partial charge is 0.462 e. The van der Waals surface area contributed by atoms with Crippen LogP contribution in [0.2, 0.25) is 0 Å². The Morgan fingerprint density at radius 3 is 2.78 bits per heavy atom. The van der Waals surface area contributed by atoms with Gasteiger partial charge < -0.3 is 19.5 Å². The number of likely N-dealkylation sites (N-methyl/N-ethyl adjacent to an activating group) is 1. The van der Waals surface area contributed by atoms with Gasteiger partial charge in [0, 0.05) is 24.7 Å². The molecule has 0 saturated heterocycles. The van der Waals surface area contributed by atoms with Crippen LogP contribution in [0.1, 0.15) is 23.0 Å². The van der Waals surface area contributed by atoms with E-state index in [0.717, 1.165) is 10.9 Å². The Kier molecular flexibility index (Phi) is 5.35. The van der Waals surface area contributed by atoms with E-state index in [1.165, 1.54) is 6.20 Å². The predicted molar refractivity (Wildman–Crippen MR) is 101 cm³/mol. The Balaban J connectivity index is 1.91. The summed E-state index contributed by atoms with van der Waals surface area (Å²) in [5, 5.41) is 7.17. The smallest absolute Gasteiger partial charge is 0.341 e. The van der Waals surface area contributed by atoms with Gasteiger partial charge in [0.1, 0.15) is 11.3 Å². The first kappa shape index (κ1) is 18.4. The zero-order valence-electron chi connectivity index (χ0n) is 15.4. The summed E-state index contributed by atoms with van der Waals surface area (Å²) in [5.74, 6) is 0.172. The lowest BCUT2D eigenvalue weighted by molar-refractivity contribution is -0.115. The molecule has 27 heavy (non-hydrogen) atoms. The van der Waals surface area contributed by atoms with E-state index in [0.29, 0.717) is 22.8 Å². The molecule has 2 aromatic heterocycles. The third-order valence-corrected chi connectivity index (χ3v) is 3.90. The Bertz CT molecular complexity index is 983. The number of pyridine rings is 1. The van der Waals surface area contributed by atoms with E-state index >= 15 is 0 Å². The Morgan fingerprint density at radius 1 is 1.30 bits per heavy atom. The first-order valence-electron chi connectivity index (χ1n) is 8.48. The standard InChI is InChI=1S/C19H20N4O4/c1-4-26-19(25)14-10-20-15-8-6-5-7-13(15)18(14)23(3)11-17(24)21-16-9-12(2)27-22-16/h5-10H,4,11H2,1-3H3,(H,21,22,24). The molecule has 0 aliphatic carbocycles. The average molecular weight is 368 g/mol. The Morgan fingerprint density at radius 2 is 2.07 bits per heavy atom. The van der Waals surface area contributed by atoms with Crippen LogP contribution < -0.4 is 10.2 Å². The van der Waals surface area contributed by atoms with Crippen LogP contribution in [0.3, 0.4) is 0 Å². The summed E-state index contributed by atoms with van der Waals surface area (Å²) in [6.45, 7) is 3.74. The van der Waals surface area contributed by atoms with Gasteiger partial charge in [0.05, 0.1) is 24.4 Å². The van der Waals surface area contributed by atoms with Crippen LogP contribution >= 0.6 is 0 Å². The van der Waals surface area contributed by atoms with Crippen LogP contribution in [0.4, 0.5) is 11.5 Å². The molecule has 140 valence electrons. The van der Waals surface area contributed by atoms with E-state index in [4.69, 9.17) is 9.26 Å². The number of nitrogens with zero attached hydrogens (tertiary/aromatic N) is 3. The van der Waals surface area contributed by atoms with Gasteiger partial charge in [-0.3, -0.25) is 9.78 Å². The number of rotatable bonds is 6. The van der Waals surface area contributed by atoms with Crippen molar-refractivity contribution >= 4 is 34.3 Å². The molecular weight excluding hydrogens is 348 g/mol. The monoisotopic (exact) mass is 368 g/mol. The average Bonchev–Trinajstić information content (AvgIpc) is 3.05. The summed E-state index contributed by atoms with van der Waals surface area (Å²) in [6.07, 6.45) is 1.48. The van der Waals surface area contributed by atoms with Gasteiger partial charge in [-0.05, 0) is 19.9 Å². The lowest BCUT2D eigenvalue weighted by Crippen LogP contribution is -2.31. The molecule has 0 saturated carbocycles. The van der Waals surface area contributed by atoms with E-state index in [1.807, 2.05) is 24.3 Å². The third kappa shape index (κ3) is 4.05. The van der Waals surface area contributed by atoms with E-state index in [9.17, 15) is 9.59 Å². The highest BCUT2D eigenvalue weighted by Crippen LogP contribution is 2.29. The molecular formula is C19H20N4O4. The number of carbonyl (C=O) groups excluding carboxylic acids is 2. The van der Waals surface area contributed by atoms with E-state index in [2.05, 4.69) is 15.5 Å². The molecule has 0 aliphatic rings. The number of fused-ring (bicyclic) bond motifs is 1. The first-order valence-corrected chi connectivity index (χ1v) is 8.48. The minimum atomic E-state index is -0.481. The number of aromatic nitrogens is 2. The number of hydrogen-bond donors (Lipinski definition) is 1. The second kappa shape index (κ2) is 7.86. The molecule has 1 N–H and O–H groups in total. The van der Waals surface area contributed by atoms with Crippen LogP contribution in [-0.2, 0) is 9.53 Å². The lowest BCUT2D eigenvalue weighted by Gasteiger charge is -2.22. The molecule has 3 rings (SSSR count). The van der Waals surface area contributed by atoms with Crippen molar-refractivity contribution in [1.29, 1.82) is 0 Å². The SMILES string of the molecule is CCOC(=O)c1cnc2ccccc2c1N(C)CC(=O)Nc1cc(C)on1. The molecule has 2 heterocycles. The van der Waals surface area contributed by atoms with Gasteiger partial charge >= 0.3 is 5.97 Å². The highest BCUT2D eigenvalue weighted by molar-refractivity contribution is 6.06. The fourth-order valence-electron chi connectivity index (χ4n) is 2.80. The third-order valence-electron chi connectivity index (χ3n) is 3.90. The molecule has 0 unspecified atom stereocenters. The molecule has 8 heteroatoms. The predicted octanol–water partition coefficient (Wildman–Crippen LogP) is 2.78. The van der Waals surface area contributed by atoms with Gasteiger partial charge in [0.25, 0.3) is 0 Å². The van der Waals surface area contributed by atoms with Gasteiger partial charge in [-0.1, -0.05) is 23.4 Å². The second-order valence-electron chi connectivity index (χ2n) is 5.99. The fourth-order valence-corrected chi connectivity index (χ4v) is 2.80. The maximum absolute atomic E-state index is 12.4. The summed E-state index contributed by atoms with van der Waals surface area (Å²) >= 11 is 0. The number of para-hydroxylation sites is 1. The molecule has 0 bridgehead atoms. The van der Waals surface area contributed by atoms with Crippen molar-refractivity contribution in [2.45, 2.75) is 13.8 Å². The van der Waals surface area contributed by atoms with Crippen LogP contribution in [0.15, 0.2) is 41.1 Å². The number of esters is 1. The van der Waals surface area contributed by atoms with Crippen molar-refractivity contribution < 1.29 is 18.8 Å². The van der Waals surface area contributed by atoms with Crippen molar-refractivity contribution in [3.8, 4) is 0 Å². The molecule has 0 fully saturated rings. The van der Waals surface area contributed by atoms with Gasteiger partial charge in [-0.15, -0.1) is 0 Å². The number of carbonyl (C=O) groups is 2. The first-order chi connectivity index (χ1) is 13.0. The van der Waals surface area contributed by atoms with Gasteiger partial charge in [-0.2, -0.15) is 0 Å². The molecule has 1 aromatic carbocycles. The van der Waals surface area contributed by atoms with Gasteiger partial charge in [0.15, 0.2) is 5.82 Å². The summed E-state index contributed by atoms with van der Waals surface area (Å²) in [4.78, 5) is 30.8. The summed E-state index contributed by atoms with van der Waals surface area (Å²) in [7, 11) is 1.73. The minimum Gasteiger partial charge on any atom is -0.462 e. The number of nitrogens with one attached hydrogen (secondary N) is 1. The van der Waals surface area contributed by atoms with Gasteiger partial charge in [-0.25, -0.2) is 4.79 Å². The maximum Gasteiger partial charge on any atom is 0.341 e. The number of amides is 1. The van der Waals surface area contributed by atoms with E-state index < -0.39 is 5.97 Å². The highest BCUT2D eigenvalue weighted by Gasteiger charge is 2.21. The van der Waals surface area contributed by atoms with Crippen LogP contribution in [0.5, 0.6) is 0 Å². The lowest BCUT2D eigenvalue weighted by atomic mass is 10.1. The number of aryl methyl sites for hydroxylation is 1. The second-order valence-corrected chi connectivity index (χ2v) is 5.99. The van der Waals surface area contributed by atoms with Gasteiger partial charge in [0.2, 0.25) is 5.91 Å². The quantitative estimate of drug-likeness (QED) is 0.668. The van der Waals surface area contributed by atoms with Crippen molar-refractivity contribution in [1.82, 2.24) is 10.1 Å². The number of anilines is 2. The Labute approximate surface area is 156 Å². The highest BCUT2D eigenvalue weighted by atomic mass is 16.5.